The summed E-state index contributed by atoms with van der Waals surface area (Å²) in [6, 6.07) is 5.89. The van der Waals surface area contributed by atoms with Crippen molar-refractivity contribution in [1.82, 2.24) is 10.1 Å². The molecule has 1 fully saturated rings. The third kappa shape index (κ3) is 4.55. The van der Waals surface area contributed by atoms with Crippen molar-refractivity contribution in [3.8, 4) is 11.5 Å². The highest BCUT2D eigenvalue weighted by Gasteiger charge is 2.31. The summed E-state index contributed by atoms with van der Waals surface area (Å²) in [7, 11) is 3.46. The van der Waals surface area contributed by atoms with Crippen molar-refractivity contribution in [1.29, 1.82) is 0 Å². The lowest BCUT2D eigenvalue weighted by Crippen LogP contribution is -2.35. The van der Waals surface area contributed by atoms with Crippen molar-refractivity contribution in [2.24, 2.45) is 5.92 Å². The maximum Gasteiger partial charge on any atom is 0.246 e. The van der Waals surface area contributed by atoms with Crippen molar-refractivity contribution >= 4 is 12.0 Å². The number of nitrogens with zero attached hydrogens (tertiary/aromatic N) is 2. The van der Waals surface area contributed by atoms with Gasteiger partial charge in [0.15, 0.2) is 11.5 Å². The van der Waals surface area contributed by atoms with E-state index < -0.39 is 0 Å². The van der Waals surface area contributed by atoms with E-state index in [2.05, 4.69) is 12.1 Å². The van der Waals surface area contributed by atoms with Gasteiger partial charge in [0, 0.05) is 19.2 Å². The summed E-state index contributed by atoms with van der Waals surface area (Å²) >= 11 is 0. The SMILES string of the molecule is COc1cc(/C=C/C(=O)N(C)C(C)C2CC2)ccc1OCc1c(C)noc1C. The first-order valence-electron chi connectivity index (χ1n) is 9.58. The van der Waals surface area contributed by atoms with Crippen molar-refractivity contribution in [3.05, 3.63) is 46.9 Å². The Bertz CT molecular complexity index is 848. The van der Waals surface area contributed by atoms with Gasteiger partial charge in [-0.3, -0.25) is 4.79 Å². The fraction of sp³-hybridized carbons (Fsp3) is 0.455. The molecule has 1 aliphatic carbocycles. The van der Waals surface area contributed by atoms with Gasteiger partial charge in [0.1, 0.15) is 12.4 Å². The van der Waals surface area contributed by atoms with Gasteiger partial charge in [-0.15, -0.1) is 0 Å². The first-order valence-corrected chi connectivity index (χ1v) is 9.58. The van der Waals surface area contributed by atoms with E-state index in [1.54, 1.807) is 19.3 Å². The van der Waals surface area contributed by atoms with Gasteiger partial charge in [-0.05, 0) is 63.3 Å². The van der Waals surface area contributed by atoms with Gasteiger partial charge >= 0.3 is 0 Å². The van der Waals surface area contributed by atoms with Crippen LogP contribution >= 0.6 is 0 Å². The maximum absolute atomic E-state index is 12.4. The summed E-state index contributed by atoms with van der Waals surface area (Å²) in [6.45, 7) is 6.22. The van der Waals surface area contributed by atoms with Crippen molar-refractivity contribution < 1.29 is 18.8 Å². The molecule has 1 saturated carbocycles. The van der Waals surface area contributed by atoms with Crippen LogP contribution in [0, 0.1) is 19.8 Å². The minimum Gasteiger partial charge on any atom is -0.493 e. The van der Waals surface area contributed by atoms with E-state index >= 15 is 0 Å². The first kappa shape index (κ1) is 20.0. The van der Waals surface area contributed by atoms with Gasteiger partial charge in [-0.25, -0.2) is 0 Å². The lowest BCUT2D eigenvalue weighted by atomic mass is 10.1. The van der Waals surface area contributed by atoms with E-state index in [9.17, 15) is 4.79 Å². The molecule has 6 heteroatoms. The van der Waals surface area contributed by atoms with E-state index in [1.165, 1.54) is 12.8 Å². The van der Waals surface area contributed by atoms with Crippen LogP contribution in [0.25, 0.3) is 6.08 Å². The molecule has 1 aromatic heterocycles. The van der Waals surface area contributed by atoms with E-state index in [0.717, 1.165) is 22.6 Å². The van der Waals surface area contributed by atoms with Crippen LogP contribution in [0.2, 0.25) is 0 Å². The summed E-state index contributed by atoms with van der Waals surface area (Å²) < 4.78 is 16.5. The van der Waals surface area contributed by atoms with Crippen LogP contribution < -0.4 is 9.47 Å². The van der Waals surface area contributed by atoms with E-state index in [1.807, 2.05) is 44.0 Å². The molecule has 1 amide bonds. The maximum atomic E-state index is 12.4. The van der Waals surface area contributed by atoms with Gasteiger partial charge in [0.2, 0.25) is 5.91 Å². The minimum atomic E-state index is 0.0112. The Morgan fingerprint density at radius 1 is 1.36 bits per heavy atom. The Kier molecular flexibility index (Phi) is 6.07. The summed E-state index contributed by atoms with van der Waals surface area (Å²) in [5.41, 5.74) is 2.63. The summed E-state index contributed by atoms with van der Waals surface area (Å²) in [6.07, 6.45) is 5.85. The Hall–Kier alpha value is -2.76. The lowest BCUT2D eigenvalue weighted by molar-refractivity contribution is -0.126. The number of carbonyl (C=O) groups is 1. The van der Waals surface area contributed by atoms with E-state index in [4.69, 9.17) is 14.0 Å². The zero-order chi connectivity index (χ0) is 20.3. The zero-order valence-corrected chi connectivity index (χ0v) is 17.2. The fourth-order valence-electron chi connectivity index (χ4n) is 3.15. The molecule has 0 N–H and O–H groups in total. The Labute approximate surface area is 166 Å². The van der Waals surface area contributed by atoms with Crippen LogP contribution in [0.1, 0.15) is 42.3 Å². The van der Waals surface area contributed by atoms with Gasteiger partial charge in [0.25, 0.3) is 0 Å². The Balaban J connectivity index is 1.66. The number of benzene rings is 1. The number of aromatic nitrogens is 1. The summed E-state index contributed by atoms with van der Waals surface area (Å²) in [5, 5.41) is 3.94. The average Bonchev–Trinajstić information content (AvgIpc) is 3.50. The first-order chi connectivity index (χ1) is 13.4. The largest absolute Gasteiger partial charge is 0.493 e. The second kappa shape index (κ2) is 8.50. The number of aryl methyl sites for hydroxylation is 2. The molecular formula is C22H28N2O4. The molecule has 1 atom stereocenters. The minimum absolute atomic E-state index is 0.0112. The van der Waals surface area contributed by atoms with E-state index in [-0.39, 0.29) is 11.9 Å². The van der Waals surface area contributed by atoms with Crippen LogP contribution in [0.4, 0.5) is 0 Å². The molecule has 3 rings (SSSR count). The number of rotatable bonds is 8. The number of ether oxygens (including phenoxy) is 2. The molecule has 2 aromatic rings. The smallest absolute Gasteiger partial charge is 0.246 e. The zero-order valence-electron chi connectivity index (χ0n) is 17.2. The molecule has 0 saturated heterocycles. The monoisotopic (exact) mass is 384 g/mol. The van der Waals surface area contributed by atoms with E-state index in [0.29, 0.717) is 24.0 Å². The quantitative estimate of drug-likeness (QED) is 0.640. The fourth-order valence-corrected chi connectivity index (χ4v) is 3.15. The molecule has 1 heterocycles. The molecule has 1 aromatic carbocycles. The normalized spacial score (nSPS) is 14.9. The average molecular weight is 384 g/mol. The Morgan fingerprint density at radius 2 is 2.11 bits per heavy atom. The molecular weight excluding hydrogens is 356 g/mol. The van der Waals surface area contributed by atoms with Crippen molar-refractivity contribution in [3.63, 3.8) is 0 Å². The molecule has 1 unspecified atom stereocenters. The summed E-state index contributed by atoms with van der Waals surface area (Å²) in [4.78, 5) is 14.2. The van der Waals surface area contributed by atoms with Crippen LogP contribution in [0.15, 0.2) is 28.8 Å². The van der Waals surface area contributed by atoms with Crippen molar-refractivity contribution in [2.75, 3.05) is 14.2 Å². The highest BCUT2D eigenvalue weighted by Crippen LogP contribution is 2.35. The van der Waals surface area contributed by atoms with Crippen LogP contribution in [-0.2, 0) is 11.4 Å². The van der Waals surface area contributed by atoms with Crippen LogP contribution in [-0.4, -0.2) is 36.2 Å². The van der Waals surface area contributed by atoms with Gasteiger partial charge < -0.3 is 18.9 Å². The predicted molar refractivity (Wildman–Crippen MR) is 107 cm³/mol. The number of hydrogen-bond acceptors (Lipinski definition) is 5. The van der Waals surface area contributed by atoms with Gasteiger partial charge in [0.05, 0.1) is 18.4 Å². The highest BCUT2D eigenvalue weighted by atomic mass is 16.5. The number of methoxy groups -OCH3 is 1. The molecule has 0 aliphatic heterocycles. The standard InChI is InChI=1S/C22H28N2O4/c1-14-19(16(3)28-23-14)13-27-20-10-6-17(12-21(20)26-5)7-11-22(25)24(4)15(2)18-8-9-18/h6-7,10-12,15,18H,8-9,13H2,1-5H3/b11-7+. The second-order valence-electron chi connectivity index (χ2n) is 7.36. The van der Waals surface area contributed by atoms with Gasteiger partial charge in [-0.2, -0.15) is 0 Å². The lowest BCUT2D eigenvalue weighted by Gasteiger charge is -2.23. The topological polar surface area (TPSA) is 64.8 Å². The number of carbonyl (C=O) groups excluding carboxylic acids is 1. The third-order valence-corrected chi connectivity index (χ3v) is 5.42. The second-order valence-corrected chi connectivity index (χ2v) is 7.36. The molecule has 0 spiro atoms. The number of hydrogen-bond donors (Lipinski definition) is 0. The predicted octanol–water partition coefficient (Wildman–Crippen LogP) is 4.15. The number of amides is 1. The molecule has 6 nitrogen and oxygen atoms in total. The third-order valence-electron chi connectivity index (χ3n) is 5.42. The molecule has 150 valence electrons. The van der Waals surface area contributed by atoms with Crippen molar-refractivity contribution in [2.45, 2.75) is 46.3 Å². The molecule has 0 radical (unpaired) electrons. The number of likely N-dealkylation sites (N-methyl/N-ethyl adjacent to an activating group) is 1. The van der Waals surface area contributed by atoms with Gasteiger partial charge in [-0.1, -0.05) is 11.2 Å². The summed E-state index contributed by atoms with van der Waals surface area (Å²) in [5.74, 6) is 2.65. The molecule has 1 aliphatic rings. The molecule has 28 heavy (non-hydrogen) atoms. The Morgan fingerprint density at radius 3 is 2.71 bits per heavy atom. The van der Waals surface area contributed by atoms with Crippen LogP contribution in [0.5, 0.6) is 11.5 Å². The highest BCUT2D eigenvalue weighted by molar-refractivity contribution is 5.91. The molecule has 0 bridgehead atoms. The van der Waals surface area contributed by atoms with Crippen LogP contribution in [0.3, 0.4) is 0 Å².